The average Bonchev–Trinajstić information content (AvgIpc) is 2.26. The Hall–Kier alpha value is -0.220. The highest BCUT2D eigenvalue weighted by Crippen LogP contribution is 2.21. The van der Waals surface area contributed by atoms with Gasteiger partial charge in [0, 0.05) is 19.1 Å². The SMILES string of the molecule is CCCC1CC(NCC(F)F)CN(CC)C1. The minimum Gasteiger partial charge on any atom is -0.307 e. The van der Waals surface area contributed by atoms with Crippen molar-refractivity contribution in [1.82, 2.24) is 10.2 Å². The zero-order chi connectivity index (χ0) is 12.0. The van der Waals surface area contributed by atoms with Gasteiger partial charge in [0.25, 0.3) is 6.43 Å². The second-order valence-corrected chi connectivity index (χ2v) is 4.74. The van der Waals surface area contributed by atoms with E-state index in [1.807, 2.05) is 0 Å². The Kier molecular flexibility index (Phi) is 6.21. The van der Waals surface area contributed by atoms with Crippen LogP contribution in [0.5, 0.6) is 0 Å². The lowest BCUT2D eigenvalue weighted by atomic mass is 9.90. The lowest BCUT2D eigenvalue weighted by molar-refractivity contribution is 0.109. The predicted octanol–water partition coefficient (Wildman–Crippen LogP) is 2.35. The first-order chi connectivity index (χ1) is 7.65. The molecule has 0 aliphatic carbocycles. The number of hydrogen-bond donors (Lipinski definition) is 1. The largest absolute Gasteiger partial charge is 0.307 e. The van der Waals surface area contributed by atoms with E-state index in [2.05, 4.69) is 24.1 Å². The molecule has 16 heavy (non-hydrogen) atoms. The average molecular weight is 234 g/mol. The minimum atomic E-state index is -2.23. The zero-order valence-electron chi connectivity index (χ0n) is 10.4. The number of likely N-dealkylation sites (tertiary alicyclic amines) is 1. The quantitative estimate of drug-likeness (QED) is 0.759. The van der Waals surface area contributed by atoms with Crippen molar-refractivity contribution >= 4 is 0 Å². The third-order valence-corrected chi connectivity index (χ3v) is 3.32. The van der Waals surface area contributed by atoms with E-state index in [4.69, 9.17) is 0 Å². The molecule has 0 aromatic carbocycles. The summed E-state index contributed by atoms with van der Waals surface area (Å²) in [5.41, 5.74) is 0. The lowest BCUT2D eigenvalue weighted by Crippen LogP contribution is -2.50. The van der Waals surface area contributed by atoms with Crippen LogP contribution in [0.1, 0.15) is 33.1 Å². The van der Waals surface area contributed by atoms with Crippen LogP contribution >= 0.6 is 0 Å². The molecule has 0 aromatic rings. The van der Waals surface area contributed by atoms with E-state index in [9.17, 15) is 8.78 Å². The number of halogens is 2. The molecule has 0 radical (unpaired) electrons. The Morgan fingerprint density at radius 2 is 2.06 bits per heavy atom. The highest BCUT2D eigenvalue weighted by Gasteiger charge is 2.25. The molecule has 0 spiro atoms. The fourth-order valence-electron chi connectivity index (χ4n) is 2.58. The maximum atomic E-state index is 12.1. The van der Waals surface area contributed by atoms with E-state index in [1.165, 1.54) is 12.8 Å². The van der Waals surface area contributed by atoms with Gasteiger partial charge in [0.15, 0.2) is 0 Å². The fourth-order valence-corrected chi connectivity index (χ4v) is 2.58. The van der Waals surface area contributed by atoms with Crippen LogP contribution in [-0.4, -0.2) is 43.5 Å². The van der Waals surface area contributed by atoms with Gasteiger partial charge in [0.1, 0.15) is 0 Å². The molecule has 0 saturated carbocycles. The highest BCUT2D eigenvalue weighted by atomic mass is 19.3. The molecule has 0 bridgehead atoms. The van der Waals surface area contributed by atoms with Crippen LogP contribution in [0.25, 0.3) is 0 Å². The first-order valence-electron chi connectivity index (χ1n) is 6.39. The van der Waals surface area contributed by atoms with Gasteiger partial charge < -0.3 is 10.2 Å². The van der Waals surface area contributed by atoms with E-state index < -0.39 is 6.43 Å². The normalized spacial score (nSPS) is 27.6. The van der Waals surface area contributed by atoms with Crippen LogP contribution in [0, 0.1) is 5.92 Å². The number of nitrogens with one attached hydrogen (secondary N) is 1. The van der Waals surface area contributed by atoms with Crippen LogP contribution in [0.4, 0.5) is 8.78 Å². The second-order valence-electron chi connectivity index (χ2n) is 4.74. The fraction of sp³-hybridized carbons (Fsp3) is 1.00. The standard InChI is InChI=1S/C12H24F2N2/c1-3-5-10-6-11(15-7-12(13)14)9-16(4-2)8-10/h10-12,15H,3-9H2,1-2H3. The van der Waals surface area contributed by atoms with Crippen molar-refractivity contribution in [3.8, 4) is 0 Å². The summed E-state index contributed by atoms with van der Waals surface area (Å²) in [4.78, 5) is 2.37. The first kappa shape index (κ1) is 13.8. The molecular weight excluding hydrogens is 210 g/mol. The smallest absolute Gasteiger partial charge is 0.250 e. The summed E-state index contributed by atoms with van der Waals surface area (Å²) in [6, 6.07) is 0.249. The van der Waals surface area contributed by atoms with Crippen LogP contribution in [-0.2, 0) is 0 Å². The topological polar surface area (TPSA) is 15.3 Å². The van der Waals surface area contributed by atoms with Crippen LogP contribution in [0.15, 0.2) is 0 Å². The number of likely N-dealkylation sites (N-methyl/N-ethyl adjacent to an activating group) is 1. The van der Waals surface area contributed by atoms with Gasteiger partial charge in [-0.05, 0) is 25.3 Å². The molecule has 1 heterocycles. The summed E-state index contributed by atoms with van der Waals surface area (Å²) in [5, 5.41) is 2.98. The van der Waals surface area contributed by atoms with Gasteiger partial charge in [-0.1, -0.05) is 20.3 Å². The van der Waals surface area contributed by atoms with Crippen LogP contribution in [0.2, 0.25) is 0 Å². The van der Waals surface area contributed by atoms with Gasteiger partial charge >= 0.3 is 0 Å². The third kappa shape index (κ3) is 4.74. The summed E-state index contributed by atoms with van der Waals surface area (Å²) in [5.74, 6) is 0.675. The maximum Gasteiger partial charge on any atom is 0.250 e. The number of piperidine rings is 1. The molecule has 1 saturated heterocycles. The van der Waals surface area contributed by atoms with Crippen molar-refractivity contribution in [2.75, 3.05) is 26.2 Å². The summed E-state index contributed by atoms with van der Waals surface area (Å²) < 4.78 is 24.3. The number of alkyl halides is 2. The van der Waals surface area contributed by atoms with Gasteiger partial charge in [0.2, 0.25) is 0 Å². The summed E-state index contributed by atoms with van der Waals surface area (Å²) in [6.07, 6.45) is 1.21. The summed E-state index contributed by atoms with van der Waals surface area (Å²) >= 11 is 0. The Balaban J connectivity index is 2.37. The van der Waals surface area contributed by atoms with E-state index in [1.54, 1.807) is 0 Å². The summed E-state index contributed by atoms with van der Waals surface area (Å²) in [7, 11) is 0. The molecule has 0 amide bonds. The molecule has 0 aromatic heterocycles. The number of nitrogens with zero attached hydrogens (tertiary/aromatic N) is 1. The van der Waals surface area contributed by atoms with Crippen molar-refractivity contribution in [2.24, 2.45) is 5.92 Å². The van der Waals surface area contributed by atoms with Gasteiger partial charge in [-0.25, -0.2) is 8.78 Å². The predicted molar refractivity (Wildman–Crippen MR) is 62.9 cm³/mol. The van der Waals surface area contributed by atoms with E-state index in [0.717, 1.165) is 26.1 Å². The molecule has 1 fully saturated rings. The molecule has 4 heteroatoms. The summed E-state index contributed by atoms with van der Waals surface area (Å²) in [6.45, 7) is 7.24. The Bertz CT molecular complexity index is 188. The number of hydrogen-bond acceptors (Lipinski definition) is 2. The third-order valence-electron chi connectivity index (χ3n) is 3.32. The minimum absolute atomic E-state index is 0.166. The molecule has 2 atom stereocenters. The molecule has 2 nitrogen and oxygen atoms in total. The Labute approximate surface area is 97.4 Å². The second kappa shape index (κ2) is 7.17. The Morgan fingerprint density at radius 1 is 1.31 bits per heavy atom. The molecule has 1 aliphatic rings. The molecule has 96 valence electrons. The molecule has 2 unspecified atom stereocenters. The van der Waals surface area contributed by atoms with Crippen molar-refractivity contribution in [2.45, 2.75) is 45.6 Å². The van der Waals surface area contributed by atoms with Gasteiger partial charge in [-0.15, -0.1) is 0 Å². The monoisotopic (exact) mass is 234 g/mol. The maximum absolute atomic E-state index is 12.1. The molecule has 1 rings (SSSR count). The van der Waals surface area contributed by atoms with E-state index >= 15 is 0 Å². The van der Waals surface area contributed by atoms with Gasteiger partial charge in [0.05, 0.1) is 6.54 Å². The lowest BCUT2D eigenvalue weighted by Gasteiger charge is -2.37. The van der Waals surface area contributed by atoms with Crippen LogP contribution < -0.4 is 5.32 Å². The van der Waals surface area contributed by atoms with Crippen molar-refractivity contribution in [3.05, 3.63) is 0 Å². The zero-order valence-corrected chi connectivity index (χ0v) is 10.4. The highest BCUT2D eigenvalue weighted by molar-refractivity contribution is 4.83. The Morgan fingerprint density at radius 3 is 2.62 bits per heavy atom. The van der Waals surface area contributed by atoms with E-state index in [-0.39, 0.29) is 12.6 Å². The molecule has 1 N–H and O–H groups in total. The molecular formula is C12H24F2N2. The first-order valence-corrected chi connectivity index (χ1v) is 6.39. The van der Waals surface area contributed by atoms with E-state index in [0.29, 0.717) is 5.92 Å². The van der Waals surface area contributed by atoms with Crippen molar-refractivity contribution in [1.29, 1.82) is 0 Å². The van der Waals surface area contributed by atoms with Gasteiger partial charge in [-0.2, -0.15) is 0 Å². The van der Waals surface area contributed by atoms with Gasteiger partial charge in [-0.3, -0.25) is 0 Å². The number of rotatable bonds is 6. The van der Waals surface area contributed by atoms with Crippen molar-refractivity contribution < 1.29 is 8.78 Å². The van der Waals surface area contributed by atoms with Crippen LogP contribution in [0.3, 0.4) is 0 Å². The molecule has 1 aliphatic heterocycles. The van der Waals surface area contributed by atoms with Crippen molar-refractivity contribution in [3.63, 3.8) is 0 Å².